The number of carbonyl (C=O) groups excluding carboxylic acids is 1. The second-order valence-corrected chi connectivity index (χ2v) is 7.33. The van der Waals surface area contributed by atoms with Gasteiger partial charge in [0.15, 0.2) is 0 Å². The predicted octanol–water partition coefficient (Wildman–Crippen LogP) is 2.09. The van der Waals surface area contributed by atoms with E-state index in [1.165, 1.54) is 25.7 Å². The molecule has 5 unspecified atom stereocenters. The molecule has 3 heteroatoms. The van der Waals surface area contributed by atoms with Crippen molar-refractivity contribution in [2.75, 3.05) is 0 Å². The first-order valence-electron chi connectivity index (χ1n) is 7.44. The Morgan fingerprint density at radius 2 is 2.06 bits per heavy atom. The quantitative estimate of drug-likeness (QED) is 0.807. The number of carbonyl (C=O) groups is 1. The molecule has 2 bridgehead atoms. The van der Waals surface area contributed by atoms with Crippen LogP contribution in [0, 0.1) is 23.2 Å². The van der Waals surface area contributed by atoms with Crippen LogP contribution in [0.3, 0.4) is 0 Å². The lowest BCUT2D eigenvalue weighted by molar-refractivity contribution is -0.130. The van der Waals surface area contributed by atoms with Gasteiger partial charge in [-0.1, -0.05) is 20.3 Å². The average molecular weight is 251 g/mol. The third-order valence-corrected chi connectivity index (χ3v) is 5.88. The molecule has 0 aromatic heterocycles. The summed E-state index contributed by atoms with van der Waals surface area (Å²) in [6.07, 6.45) is 6.55. The Balaban J connectivity index is 1.48. The molecule has 2 N–H and O–H groups in total. The fourth-order valence-electron chi connectivity index (χ4n) is 4.27. The summed E-state index contributed by atoms with van der Waals surface area (Å²) in [4.78, 5) is 12.1. The summed E-state index contributed by atoms with van der Waals surface area (Å²) < 4.78 is 0. The van der Waals surface area contributed by atoms with E-state index in [1.54, 1.807) is 0 Å². The van der Waals surface area contributed by atoms with Crippen molar-refractivity contribution in [2.24, 2.45) is 23.2 Å². The van der Waals surface area contributed by atoms with Crippen molar-refractivity contribution >= 4 is 5.91 Å². The van der Waals surface area contributed by atoms with Crippen LogP contribution in [0.15, 0.2) is 0 Å². The molecule has 3 rings (SSSR count). The highest BCUT2D eigenvalue weighted by molar-refractivity contribution is 5.76. The van der Waals surface area contributed by atoms with E-state index in [4.69, 9.17) is 0 Å². The van der Waals surface area contributed by atoms with E-state index in [2.05, 4.69) is 5.32 Å². The van der Waals surface area contributed by atoms with Crippen molar-refractivity contribution in [1.82, 2.24) is 5.32 Å². The summed E-state index contributed by atoms with van der Waals surface area (Å²) in [5.41, 5.74) is -0.148. The van der Waals surface area contributed by atoms with Gasteiger partial charge in [0, 0.05) is 17.9 Å². The van der Waals surface area contributed by atoms with Crippen LogP contribution in [-0.2, 0) is 4.79 Å². The van der Waals surface area contributed by atoms with Gasteiger partial charge in [-0.2, -0.15) is 0 Å². The fraction of sp³-hybridized carbons (Fsp3) is 0.933. The first-order chi connectivity index (χ1) is 8.46. The van der Waals surface area contributed by atoms with Crippen LogP contribution in [0.25, 0.3) is 0 Å². The lowest BCUT2D eigenvalue weighted by atomic mass is 9.64. The number of aliphatic hydroxyl groups is 1. The Hall–Kier alpha value is -0.570. The first-order valence-corrected chi connectivity index (χ1v) is 7.44. The maximum atomic E-state index is 12.1. The van der Waals surface area contributed by atoms with Crippen molar-refractivity contribution in [1.29, 1.82) is 0 Å². The van der Waals surface area contributed by atoms with Gasteiger partial charge in [0.25, 0.3) is 0 Å². The van der Waals surface area contributed by atoms with Crippen molar-refractivity contribution in [3.05, 3.63) is 0 Å². The van der Waals surface area contributed by atoms with Crippen LogP contribution in [0.5, 0.6) is 0 Å². The minimum atomic E-state index is -0.259. The normalized spacial score (nSPS) is 44.7. The summed E-state index contributed by atoms with van der Waals surface area (Å²) in [5, 5.41) is 12.8. The Morgan fingerprint density at radius 3 is 2.56 bits per heavy atom. The van der Waals surface area contributed by atoms with Gasteiger partial charge in [0.1, 0.15) is 0 Å². The van der Waals surface area contributed by atoms with Crippen molar-refractivity contribution in [2.45, 2.75) is 64.5 Å². The molecule has 0 spiro atoms. The smallest absolute Gasteiger partial charge is 0.220 e. The maximum absolute atomic E-state index is 12.1. The van der Waals surface area contributed by atoms with Crippen molar-refractivity contribution < 1.29 is 9.90 Å². The van der Waals surface area contributed by atoms with Gasteiger partial charge in [0.2, 0.25) is 5.91 Å². The fourth-order valence-corrected chi connectivity index (χ4v) is 4.27. The Morgan fingerprint density at radius 1 is 1.28 bits per heavy atom. The SMILES string of the molecule is CC1(C)C(O)CC1NC(=O)CC1CC2CCC1C2. The molecule has 0 aliphatic heterocycles. The van der Waals surface area contributed by atoms with Gasteiger partial charge in [0.05, 0.1) is 6.10 Å². The summed E-state index contributed by atoms with van der Waals surface area (Å²) >= 11 is 0. The highest BCUT2D eigenvalue weighted by Crippen LogP contribution is 2.49. The van der Waals surface area contributed by atoms with Crippen LogP contribution in [0.1, 0.15) is 52.4 Å². The molecule has 3 fully saturated rings. The molecule has 3 aliphatic rings. The largest absolute Gasteiger partial charge is 0.392 e. The summed E-state index contributed by atoms with van der Waals surface area (Å²) in [6.45, 7) is 4.06. The molecular weight excluding hydrogens is 226 g/mol. The van der Waals surface area contributed by atoms with Crippen molar-refractivity contribution in [3.63, 3.8) is 0 Å². The predicted molar refractivity (Wildman–Crippen MR) is 69.9 cm³/mol. The minimum Gasteiger partial charge on any atom is -0.392 e. The second-order valence-electron chi connectivity index (χ2n) is 7.33. The van der Waals surface area contributed by atoms with Gasteiger partial charge in [-0.05, 0) is 43.4 Å². The molecule has 0 heterocycles. The van der Waals surface area contributed by atoms with Crippen molar-refractivity contribution in [3.8, 4) is 0 Å². The van der Waals surface area contributed by atoms with Gasteiger partial charge in [-0.25, -0.2) is 0 Å². The Bertz CT molecular complexity index is 346. The summed E-state index contributed by atoms with van der Waals surface area (Å²) in [7, 11) is 0. The zero-order chi connectivity index (χ0) is 12.9. The molecule has 3 nitrogen and oxygen atoms in total. The first kappa shape index (κ1) is 12.5. The molecule has 0 radical (unpaired) electrons. The van der Waals surface area contributed by atoms with E-state index < -0.39 is 0 Å². The number of nitrogens with one attached hydrogen (secondary N) is 1. The number of fused-ring (bicyclic) bond motifs is 2. The van der Waals surface area contributed by atoms with E-state index in [0.717, 1.165) is 18.3 Å². The lowest BCUT2D eigenvalue weighted by Crippen LogP contribution is -2.61. The van der Waals surface area contributed by atoms with E-state index in [9.17, 15) is 9.90 Å². The van der Waals surface area contributed by atoms with Crippen LogP contribution in [-0.4, -0.2) is 23.2 Å². The Labute approximate surface area is 109 Å². The zero-order valence-electron chi connectivity index (χ0n) is 11.5. The highest BCUT2D eigenvalue weighted by Gasteiger charge is 2.48. The van der Waals surface area contributed by atoms with Gasteiger partial charge < -0.3 is 10.4 Å². The maximum Gasteiger partial charge on any atom is 0.220 e. The lowest BCUT2D eigenvalue weighted by Gasteiger charge is -2.49. The van der Waals surface area contributed by atoms with Gasteiger partial charge >= 0.3 is 0 Å². The van der Waals surface area contributed by atoms with Gasteiger partial charge in [-0.15, -0.1) is 0 Å². The second kappa shape index (κ2) is 4.22. The monoisotopic (exact) mass is 251 g/mol. The third kappa shape index (κ3) is 1.97. The number of hydrogen-bond donors (Lipinski definition) is 2. The number of hydrogen-bond acceptors (Lipinski definition) is 2. The number of aliphatic hydroxyl groups excluding tert-OH is 1. The minimum absolute atomic E-state index is 0.148. The molecule has 3 saturated carbocycles. The highest BCUT2D eigenvalue weighted by atomic mass is 16.3. The van der Waals surface area contributed by atoms with Crippen LogP contribution in [0.2, 0.25) is 0 Å². The van der Waals surface area contributed by atoms with Crippen LogP contribution < -0.4 is 5.32 Å². The molecule has 0 aromatic carbocycles. The topological polar surface area (TPSA) is 49.3 Å². The van der Waals surface area contributed by atoms with Gasteiger partial charge in [-0.3, -0.25) is 4.79 Å². The summed E-state index contributed by atoms with van der Waals surface area (Å²) in [5.74, 6) is 2.57. The molecule has 102 valence electrons. The van der Waals surface area contributed by atoms with E-state index >= 15 is 0 Å². The molecule has 3 aliphatic carbocycles. The Kier molecular flexibility index (Phi) is 2.92. The molecule has 1 amide bonds. The average Bonchev–Trinajstić information content (AvgIpc) is 2.90. The zero-order valence-corrected chi connectivity index (χ0v) is 11.5. The number of amides is 1. The molecule has 18 heavy (non-hydrogen) atoms. The van der Waals surface area contributed by atoms with E-state index in [1.807, 2.05) is 13.8 Å². The molecule has 5 atom stereocenters. The third-order valence-electron chi connectivity index (χ3n) is 5.88. The summed E-state index contributed by atoms with van der Waals surface area (Å²) in [6, 6.07) is 0.165. The van der Waals surface area contributed by atoms with E-state index in [0.29, 0.717) is 12.3 Å². The van der Waals surface area contributed by atoms with Crippen LogP contribution >= 0.6 is 0 Å². The molecular formula is C15H25NO2. The standard InChI is InChI=1S/C15H25NO2/c1-15(2)12(8-13(15)17)16-14(18)7-11-6-9-3-4-10(11)5-9/h9-13,17H,3-8H2,1-2H3,(H,16,18). The molecule has 0 saturated heterocycles. The molecule has 0 aromatic rings. The number of rotatable bonds is 3. The van der Waals surface area contributed by atoms with E-state index in [-0.39, 0.29) is 23.5 Å². The van der Waals surface area contributed by atoms with Crippen LogP contribution in [0.4, 0.5) is 0 Å².